The van der Waals surface area contributed by atoms with E-state index in [0.717, 1.165) is 16.3 Å². The minimum atomic E-state index is -3.57. The van der Waals surface area contributed by atoms with Crippen molar-refractivity contribution in [1.82, 2.24) is 14.5 Å². The third-order valence-electron chi connectivity index (χ3n) is 5.98. The summed E-state index contributed by atoms with van der Waals surface area (Å²) in [5, 5.41) is 4.82. The van der Waals surface area contributed by atoms with Gasteiger partial charge < -0.3 is 14.8 Å². The highest BCUT2D eigenvalue weighted by atomic mass is 32.2. The number of ether oxygens (including phenoxy) is 2. The molecule has 0 radical (unpaired) electrons. The van der Waals surface area contributed by atoms with Crippen molar-refractivity contribution in [2.45, 2.75) is 11.4 Å². The zero-order valence-corrected chi connectivity index (χ0v) is 18.9. The molecule has 3 aromatic carbocycles. The molecule has 0 saturated carbocycles. The Kier molecular flexibility index (Phi) is 5.92. The van der Waals surface area contributed by atoms with E-state index >= 15 is 0 Å². The molecule has 2 heterocycles. The number of rotatable bonds is 6. The van der Waals surface area contributed by atoms with E-state index in [2.05, 4.69) is 5.32 Å². The second-order valence-corrected chi connectivity index (χ2v) is 10.1. The van der Waals surface area contributed by atoms with Crippen molar-refractivity contribution in [1.29, 1.82) is 0 Å². The van der Waals surface area contributed by atoms with E-state index in [0.29, 0.717) is 49.1 Å². The van der Waals surface area contributed by atoms with E-state index in [1.165, 1.54) is 4.31 Å². The SMILES string of the molecule is O=C(CN1CCN(S(=O)(=O)c2ccc3ccccc3c2)CC1)NCc1ccc2c(c1)OCO2. The Hall–Kier alpha value is -3.14. The molecular formula is C24H25N3O5S. The number of benzene rings is 3. The molecule has 0 atom stereocenters. The fraction of sp³-hybridized carbons (Fsp3) is 0.292. The van der Waals surface area contributed by atoms with Crippen LogP contribution in [0.25, 0.3) is 10.8 Å². The first-order valence-electron chi connectivity index (χ1n) is 10.9. The van der Waals surface area contributed by atoms with Crippen LogP contribution in [-0.4, -0.2) is 63.0 Å². The number of hydrogen-bond donors (Lipinski definition) is 1. The van der Waals surface area contributed by atoms with Gasteiger partial charge in [-0.05, 0) is 40.6 Å². The fourth-order valence-corrected chi connectivity index (χ4v) is 5.57. The lowest BCUT2D eigenvalue weighted by atomic mass is 10.1. The third kappa shape index (κ3) is 4.66. The maximum absolute atomic E-state index is 13.1. The van der Waals surface area contributed by atoms with Crippen molar-refractivity contribution in [2.75, 3.05) is 39.5 Å². The van der Waals surface area contributed by atoms with Gasteiger partial charge in [-0.3, -0.25) is 9.69 Å². The summed E-state index contributed by atoms with van der Waals surface area (Å²) >= 11 is 0. The van der Waals surface area contributed by atoms with Crippen LogP contribution in [0.15, 0.2) is 65.6 Å². The van der Waals surface area contributed by atoms with Gasteiger partial charge in [0.05, 0.1) is 11.4 Å². The van der Waals surface area contributed by atoms with Crippen molar-refractivity contribution < 1.29 is 22.7 Å². The van der Waals surface area contributed by atoms with E-state index in [4.69, 9.17) is 9.47 Å². The Morgan fingerprint density at radius 2 is 1.64 bits per heavy atom. The molecule has 5 rings (SSSR count). The number of nitrogens with one attached hydrogen (secondary N) is 1. The number of carbonyl (C=O) groups excluding carboxylic acids is 1. The summed E-state index contributed by atoms with van der Waals surface area (Å²) in [5.74, 6) is 1.30. The predicted octanol–water partition coefficient (Wildman–Crippen LogP) is 2.19. The zero-order valence-electron chi connectivity index (χ0n) is 18.1. The van der Waals surface area contributed by atoms with Gasteiger partial charge in [-0.2, -0.15) is 4.31 Å². The lowest BCUT2D eigenvalue weighted by Crippen LogP contribution is -2.50. The summed E-state index contributed by atoms with van der Waals surface area (Å²) in [6, 6.07) is 18.5. The minimum absolute atomic E-state index is 0.0986. The number of hydrogen-bond acceptors (Lipinski definition) is 6. The highest BCUT2D eigenvalue weighted by Crippen LogP contribution is 2.32. The molecule has 0 aromatic heterocycles. The van der Waals surface area contributed by atoms with Crippen LogP contribution in [0.1, 0.15) is 5.56 Å². The summed E-state index contributed by atoms with van der Waals surface area (Å²) in [4.78, 5) is 14.7. The first-order chi connectivity index (χ1) is 16.0. The monoisotopic (exact) mass is 467 g/mol. The summed E-state index contributed by atoms with van der Waals surface area (Å²) in [6.45, 7) is 2.55. The van der Waals surface area contributed by atoms with Gasteiger partial charge in [0, 0.05) is 32.7 Å². The van der Waals surface area contributed by atoms with Crippen LogP contribution in [-0.2, 0) is 21.4 Å². The highest BCUT2D eigenvalue weighted by molar-refractivity contribution is 7.89. The van der Waals surface area contributed by atoms with Crippen molar-refractivity contribution in [2.24, 2.45) is 0 Å². The number of carbonyl (C=O) groups is 1. The average molecular weight is 468 g/mol. The van der Waals surface area contributed by atoms with E-state index in [1.54, 1.807) is 12.1 Å². The molecule has 33 heavy (non-hydrogen) atoms. The predicted molar refractivity (Wildman–Crippen MR) is 124 cm³/mol. The topological polar surface area (TPSA) is 88.2 Å². The summed E-state index contributed by atoms with van der Waals surface area (Å²) in [6.07, 6.45) is 0. The highest BCUT2D eigenvalue weighted by Gasteiger charge is 2.29. The molecule has 9 heteroatoms. The van der Waals surface area contributed by atoms with E-state index in [9.17, 15) is 13.2 Å². The molecule has 8 nitrogen and oxygen atoms in total. The van der Waals surface area contributed by atoms with Crippen LogP contribution in [0, 0.1) is 0 Å². The molecule has 2 aliphatic heterocycles. The normalized spacial score (nSPS) is 16.7. The third-order valence-corrected chi connectivity index (χ3v) is 7.88. The minimum Gasteiger partial charge on any atom is -0.454 e. The molecule has 0 aliphatic carbocycles. The van der Waals surface area contributed by atoms with Crippen LogP contribution in [0.2, 0.25) is 0 Å². The Bertz CT molecular complexity index is 1290. The molecule has 2 aliphatic rings. The Labute approximate surface area is 192 Å². The van der Waals surface area contributed by atoms with Crippen molar-refractivity contribution >= 4 is 26.7 Å². The lowest BCUT2D eigenvalue weighted by molar-refractivity contribution is -0.122. The standard InChI is InChI=1S/C24H25N3O5S/c28-24(25-15-18-5-8-22-23(13-18)32-17-31-22)16-26-9-11-27(12-10-26)33(29,30)21-7-6-19-3-1-2-4-20(19)14-21/h1-8,13-14H,9-12,15-17H2,(H,25,28). The summed E-state index contributed by atoms with van der Waals surface area (Å²) in [5.41, 5.74) is 0.930. The first kappa shape index (κ1) is 21.7. The van der Waals surface area contributed by atoms with Gasteiger partial charge >= 0.3 is 0 Å². The molecule has 0 bridgehead atoms. The van der Waals surface area contributed by atoms with E-state index in [1.807, 2.05) is 53.4 Å². The number of piperazine rings is 1. The molecule has 0 unspecified atom stereocenters. The van der Waals surface area contributed by atoms with Crippen LogP contribution >= 0.6 is 0 Å². The van der Waals surface area contributed by atoms with Crippen LogP contribution in [0.5, 0.6) is 11.5 Å². The van der Waals surface area contributed by atoms with Crippen molar-refractivity contribution in [3.63, 3.8) is 0 Å². The largest absolute Gasteiger partial charge is 0.454 e. The van der Waals surface area contributed by atoms with Crippen LogP contribution in [0.3, 0.4) is 0 Å². The molecule has 3 aromatic rings. The maximum Gasteiger partial charge on any atom is 0.243 e. The number of sulfonamides is 1. The molecule has 172 valence electrons. The summed E-state index contributed by atoms with van der Waals surface area (Å²) in [7, 11) is -3.57. The van der Waals surface area contributed by atoms with Gasteiger partial charge in [0.1, 0.15) is 0 Å². The van der Waals surface area contributed by atoms with E-state index < -0.39 is 10.0 Å². The lowest BCUT2D eigenvalue weighted by Gasteiger charge is -2.33. The fourth-order valence-electron chi connectivity index (χ4n) is 4.12. The Balaban J connectivity index is 1.14. The number of amides is 1. The number of fused-ring (bicyclic) bond motifs is 2. The van der Waals surface area contributed by atoms with Gasteiger partial charge in [0.25, 0.3) is 0 Å². The van der Waals surface area contributed by atoms with Gasteiger partial charge in [-0.15, -0.1) is 0 Å². The second kappa shape index (κ2) is 9.01. The summed E-state index contributed by atoms with van der Waals surface area (Å²) < 4.78 is 38.4. The molecular weight excluding hydrogens is 442 g/mol. The molecule has 0 spiro atoms. The quantitative estimate of drug-likeness (QED) is 0.598. The Morgan fingerprint density at radius 3 is 2.45 bits per heavy atom. The van der Waals surface area contributed by atoms with Crippen molar-refractivity contribution in [3.05, 3.63) is 66.2 Å². The van der Waals surface area contributed by atoms with Crippen LogP contribution < -0.4 is 14.8 Å². The second-order valence-electron chi connectivity index (χ2n) is 8.15. The van der Waals surface area contributed by atoms with Gasteiger partial charge in [-0.25, -0.2) is 8.42 Å². The van der Waals surface area contributed by atoms with Crippen LogP contribution in [0.4, 0.5) is 0 Å². The average Bonchev–Trinajstić information content (AvgIpc) is 3.31. The molecule has 1 amide bonds. The number of nitrogens with zero attached hydrogens (tertiary/aromatic N) is 2. The smallest absolute Gasteiger partial charge is 0.243 e. The van der Waals surface area contributed by atoms with Gasteiger partial charge in [0.2, 0.25) is 22.7 Å². The maximum atomic E-state index is 13.1. The Morgan fingerprint density at radius 1 is 0.879 bits per heavy atom. The molecule has 1 saturated heterocycles. The molecule has 1 N–H and O–H groups in total. The van der Waals surface area contributed by atoms with Crippen molar-refractivity contribution in [3.8, 4) is 11.5 Å². The van der Waals surface area contributed by atoms with E-state index in [-0.39, 0.29) is 19.2 Å². The molecule has 1 fully saturated rings. The first-order valence-corrected chi connectivity index (χ1v) is 12.3. The van der Waals surface area contributed by atoms with Gasteiger partial charge in [0.15, 0.2) is 11.5 Å². The zero-order chi connectivity index (χ0) is 22.8. The van der Waals surface area contributed by atoms with Gasteiger partial charge in [-0.1, -0.05) is 36.4 Å².